The Hall–Kier alpha value is -3.34. The molecule has 2 rings (SSSR count). The molecule has 0 saturated heterocycles. The van der Waals surface area contributed by atoms with Crippen LogP contribution in [0.25, 0.3) is 0 Å². The molecule has 2 aromatic heterocycles. The third kappa shape index (κ3) is 5.07. The second-order valence-electron chi connectivity index (χ2n) is 5.99. The highest BCUT2D eigenvalue weighted by atomic mass is 16.6. The molecule has 2 heterocycles. The van der Waals surface area contributed by atoms with Crippen molar-refractivity contribution < 1.29 is 9.72 Å². The molecule has 0 saturated carbocycles. The third-order valence-corrected chi connectivity index (χ3v) is 2.80. The highest BCUT2D eigenvalue weighted by molar-refractivity contribution is 5.94. The van der Waals surface area contributed by atoms with Crippen LogP contribution in [0, 0.1) is 10.1 Å². The molecule has 0 aliphatic heterocycles. The number of hydrazine groups is 2. The van der Waals surface area contributed by atoms with E-state index < -0.39 is 16.5 Å². The van der Waals surface area contributed by atoms with Gasteiger partial charge in [-0.2, -0.15) is 0 Å². The Balaban J connectivity index is 2.17. The number of rotatable bonds is 6. The van der Waals surface area contributed by atoms with E-state index in [4.69, 9.17) is 0 Å². The quantitative estimate of drug-likeness (QED) is 0.448. The number of aromatic nitrogens is 3. The molecule has 0 unspecified atom stereocenters. The molecule has 4 N–H and O–H groups in total. The van der Waals surface area contributed by atoms with Crippen LogP contribution in [0.1, 0.15) is 31.1 Å². The maximum absolute atomic E-state index is 12.0. The molecule has 0 bridgehead atoms. The van der Waals surface area contributed by atoms with Gasteiger partial charge in [-0.25, -0.2) is 15.4 Å². The number of carbonyl (C=O) groups excluding carboxylic acids is 1. The van der Waals surface area contributed by atoms with Gasteiger partial charge in [0.15, 0.2) is 0 Å². The van der Waals surface area contributed by atoms with Crippen molar-refractivity contribution in [2.45, 2.75) is 26.3 Å². The molecule has 0 aliphatic rings. The molecular weight excluding hydrogens is 328 g/mol. The van der Waals surface area contributed by atoms with E-state index in [1.165, 1.54) is 24.5 Å². The Morgan fingerprint density at radius 3 is 2.28 bits per heavy atom. The number of nitrogens with zero attached hydrogens (tertiary/aromatic N) is 4. The molecule has 11 nitrogen and oxygen atoms in total. The van der Waals surface area contributed by atoms with E-state index in [0.717, 1.165) is 6.33 Å². The number of hydrogen-bond acceptors (Lipinski definition) is 9. The Morgan fingerprint density at radius 1 is 1.12 bits per heavy atom. The molecule has 25 heavy (non-hydrogen) atoms. The van der Waals surface area contributed by atoms with Crippen molar-refractivity contribution in [3.8, 4) is 0 Å². The van der Waals surface area contributed by atoms with E-state index in [1.807, 2.05) is 20.8 Å². The predicted octanol–water partition coefficient (Wildman–Crippen LogP) is 1.25. The molecular formula is C14H18N8O3. The molecule has 11 heteroatoms. The Kier molecular flexibility index (Phi) is 5.39. The highest BCUT2D eigenvalue weighted by Crippen LogP contribution is 2.28. The van der Waals surface area contributed by atoms with Crippen molar-refractivity contribution in [2.75, 3.05) is 10.9 Å². The minimum Gasteiger partial charge on any atom is -0.299 e. The van der Waals surface area contributed by atoms with Crippen molar-refractivity contribution >= 4 is 23.2 Å². The molecule has 0 aromatic carbocycles. The number of pyridine rings is 1. The minimum atomic E-state index is -0.645. The van der Waals surface area contributed by atoms with E-state index >= 15 is 0 Å². The largest absolute Gasteiger partial charge is 0.356 e. The van der Waals surface area contributed by atoms with Crippen molar-refractivity contribution in [3.05, 3.63) is 46.5 Å². The Morgan fingerprint density at radius 2 is 1.72 bits per heavy atom. The fourth-order valence-electron chi connectivity index (χ4n) is 1.67. The molecule has 132 valence electrons. The molecule has 0 aliphatic carbocycles. The highest BCUT2D eigenvalue weighted by Gasteiger charge is 2.24. The second kappa shape index (κ2) is 7.49. The van der Waals surface area contributed by atoms with Crippen molar-refractivity contribution in [3.63, 3.8) is 0 Å². The number of nitro groups is 1. The normalized spacial score (nSPS) is 10.8. The standard InChI is InChI=1S/C14H18N8O3/c1-14(2,3)21-19-12-10(22(24)25)11(16-8-17-12)18-20-13(23)9-4-6-15-7-5-9/h4-8,21H,1-3H3,(H,20,23)(H2,16,17,18,19). The van der Waals surface area contributed by atoms with Crippen LogP contribution in [-0.2, 0) is 0 Å². The third-order valence-electron chi connectivity index (χ3n) is 2.80. The lowest BCUT2D eigenvalue weighted by molar-refractivity contribution is -0.383. The van der Waals surface area contributed by atoms with Gasteiger partial charge in [0.1, 0.15) is 6.33 Å². The minimum absolute atomic E-state index is 0.0319. The number of nitrogens with one attached hydrogen (secondary N) is 4. The summed E-state index contributed by atoms with van der Waals surface area (Å²) in [5, 5.41) is 11.4. The number of amides is 1. The van der Waals surface area contributed by atoms with Crippen LogP contribution in [-0.4, -0.2) is 31.3 Å². The van der Waals surface area contributed by atoms with Gasteiger partial charge in [-0.05, 0) is 32.9 Å². The summed E-state index contributed by atoms with van der Waals surface area (Å²) in [6, 6.07) is 3.01. The molecule has 1 amide bonds. The molecule has 0 radical (unpaired) electrons. The fraction of sp³-hybridized carbons (Fsp3) is 0.286. The predicted molar refractivity (Wildman–Crippen MR) is 90.5 cm³/mol. The zero-order valence-corrected chi connectivity index (χ0v) is 13.9. The van der Waals surface area contributed by atoms with Gasteiger partial charge in [-0.1, -0.05) is 0 Å². The summed E-state index contributed by atoms with van der Waals surface area (Å²) in [6.07, 6.45) is 4.06. The van der Waals surface area contributed by atoms with E-state index in [2.05, 4.69) is 36.7 Å². The van der Waals surface area contributed by atoms with E-state index in [1.54, 1.807) is 0 Å². The van der Waals surface area contributed by atoms with Crippen LogP contribution in [0.3, 0.4) is 0 Å². The zero-order chi connectivity index (χ0) is 18.4. The topological polar surface area (TPSA) is 147 Å². The van der Waals surface area contributed by atoms with Gasteiger partial charge in [0.25, 0.3) is 5.91 Å². The monoisotopic (exact) mass is 346 g/mol. The lowest BCUT2D eigenvalue weighted by Crippen LogP contribution is -2.40. The SMILES string of the molecule is CC(C)(C)NNc1ncnc(NNC(=O)c2ccncc2)c1[N+](=O)[O-]. The Labute approximate surface area is 143 Å². The van der Waals surface area contributed by atoms with Crippen LogP contribution in [0.4, 0.5) is 17.3 Å². The maximum atomic E-state index is 12.0. The van der Waals surface area contributed by atoms with E-state index in [9.17, 15) is 14.9 Å². The number of hydrogen-bond donors (Lipinski definition) is 4. The van der Waals surface area contributed by atoms with Crippen LogP contribution in [0.15, 0.2) is 30.9 Å². The first-order chi connectivity index (χ1) is 11.8. The van der Waals surface area contributed by atoms with Crippen LogP contribution >= 0.6 is 0 Å². The average molecular weight is 346 g/mol. The summed E-state index contributed by atoms with van der Waals surface area (Å²) < 4.78 is 0. The van der Waals surface area contributed by atoms with Gasteiger partial charge in [0, 0.05) is 23.5 Å². The van der Waals surface area contributed by atoms with Gasteiger partial charge in [0.05, 0.1) is 4.92 Å². The molecule has 0 spiro atoms. The molecule has 0 atom stereocenters. The molecule has 0 fully saturated rings. The van der Waals surface area contributed by atoms with Gasteiger partial charge >= 0.3 is 5.69 Å². The lowest BCUT2D eigenvalue weighted by atomic mass is 10.1. The lowest BCUT2D eigenvalue weighted by Gasteiger charge is -2.21. The summed E-state index contributed by atoms with van der Waals surface area (Å²) in [5.41, 5.74) is 9.96. The van der Waals surface area contributed by atoms with Gasteiger partial charge in [-0.15, -0.1) is 0 Å². The Bertz CT molecular complexity index is 760. The second-order valence-corrected chi connectivity index (χ2v) is 5.99. The maximum Gasteiger partial charge on any atom is 0.356 e. The van der Waals surface area contributed by atoms with Crippen LogP contribution in [0.5, 0.6) is 0 Å². The van der Waals surface area contributed by atoms with Gasteiger partial charge < -0.3 is 0 Å². The van der Waals surface area contributed by atoms with E-state index in [-0.39, 0.29) is 17.2 Å². The van der Waals surface area contributed by atoms with Crippen molar-refractivity contribution in [1.82, 2.24) is 25.8 Å². The first-order valence-corrected chi connectivity index (χ1v) is 7.27. The first kappa shape index (κ1) is 18.0. The van der Waals surface area contributed by atoms with Crippen LogP contribution < -0.4 is 21.7 Å². The summed E-state index contributed by atoms with van der Waals surface area (Å²) in [7, 11) is 0. The van der Waals surface area contributed by atoms with Gasteiger partial charge in [0.2, 0.25) is 11.6 Å². The first-order valence-electron chi connectivity index (χ1n) is 7.27. The van der Waals surface area contributed by atoms with E-state index in [0.29, 0.717) is 5.56 Å². The summed E-state index contributed by atoms with van der Waals surface area (Å²) in [4.78, 5) is 34.2. The van der Waals surface area contributed by atoms with Gasteiger partial charge in [-0.3, -0.25) is 36.2 Å². The number of carbonyl (C=O) groups is 1. The van der Waals surface area contributed by atoms with Crippen molar-refractivity contribution in [1.29, 1.82) is 0 Å². The summed E-state index contributed by atoms with van der Waals surface area (Å²) >= 11 is 0. The fourth-order valence-corrected chi connectivity index (χ4v) is 1.67. The van der Waals surface area contributed by atoms with Crippen LogP contribution in [0.2, 0.25) is 0 Å². The summed E-state index contributed by atoms with van der Waals surface area (Å²) in [5.74, 6) is -0.672. The number of anilines is 2. The molecule has 2 aromatic rings. The van der Waals surface area contributed by atoms with Crippen molar-refractivity contribution in [2.24, 2.45) is 0 Å². The summed E-state index contributed by atoms with van der Waals surface area (Å²) in [6.45, 7) is 5.63. The zero-order valence-electron chi connectivity index (χ0n) is 13.9. The average Bonchev–Trinajstić information content (AvgIpc) is 2.57. The smallest absolute Gasteiger partial charge is 0.299 e.